The molecule has 0 saturated carbocycles. The first-order valence-corrected chi connectivity index (χ1v) is 37.3. The number of nitrogens with zero attached hydrogens (tertiary/aromatic N) is 2. The predicted molar refractivity (Wildman–Crippen MR) is 400 cm³/mol. The van der Waals surface area contributed by atoms with Crippen molar-refractivity contribution in [2.45, 2.75) is 212 Å². The summed E-state index contributed by atoms with van der Waals surface area (Å²) in [6, 6.07) is 0. The third-order valence-electron chi connectivity index (χ3n) is 14.5. The van der Waals surface area contributed by atoms with Gasteiger partial charge >= 0.3 is 77.3 Å². The molecule has 4 heterocycles. The zero-order chi connectivity index (χ0) is 86.1. The van der Waals surface area contributed by atoms with Crippen LogP contribution in [0.25, 0.3) is 0 Å². The molecule has 0 radical (unpaired) electrons. The molecule has 20 atom stereocenters. The number of aliphatic imine (C=N–C) groups is 1. The molecule has 10 N–H and O–H groups in total. The molecular weight excluding hydrogens is 1630 g/mol. The zero-order valence-electron chi connectivity index (χ0n) is 66.3. The second-order valence-corrected chi connectivity index (χ2v) is 26.3. The molecule has 4 saturated heterocycles. The van der Waals surface area contributed by atoms with Crippen LogP contribution in [0, 0.1) is 33.8 Å². The number of alkyl halides is 3. The fourth-order valence-electron chi connectivity index (χ4n) is 9.46. The van der Waals surface area contributed by atoms with Crippen molar-refractivity contribution in [1.29, 1.82) is 10.7 Å². The maximum Gasteiger partial charge on any atom is 1.00 e. The Hall–Kier alpha value is -4.25. The van der Waals surface area contributed by atoms with Crippen molar-refractivity contribution in [2.24, 2.45) is 22.7 Å². The SMILES string of the molecule is CC.CC(=O)OCC1OC(OC(=N)C(Cl)(Cl)Cl)C(OC(C)=O)C(OC(C)=O)C1OC(C)=O.CC(=O)OCC1OC(OCCOCCN=C=S)C(OC(C)=O)C(OC(C)=O)C1OC(C)=O.CCC1OC(OCCOCCNC(=S)NC)C(C)C(C)C1C.CO.C[O-].N#CSCCOCCO.OCC1OC(O)C(O)C(O)C1O.[Na+]. The van der Waals surface area contributed by atoms with Crippen LogP contribution < -0.4 is 45.3 Å². The molecule has 4 fully saturated rings. The van der Waals surface area contributed by atoms with Gasteiger partial charge in [0.1, 0.15) is 55.2 Å². The molecule has 0 aromatic carbocycles. The van der Waals surface area contributed by atoms with Crippen LogP contribution in [-0.2, 0) is 124 Å². The quantitative estimate of drug-likeness (QED) is 0.00380. The van der Waals surface area contributed by atoms with Gasteiger partial charge in [-0.3, -0.25) is 43.8 Å². The van der Waals surface area contributed by atoms with Gasteiger partial charge in [-0.05, 0) is 54.5 Å². The average molecular weight is 1750 g/mol. The Balaban J connectivity index is -0.000000441. The Morgan fingerprint density at radius 3 is 1.39 bits per heavy atom. The fourth-order valence-corrected chi connectivity index (χ4v) is 10.1. The number of ether oxygens (including phenoxy) is 18. The van der Waals surface area contributed by atoms with Crippen molar-refractivity contribution in [1.82, 2.24) is 10.6 Å². The second-order valence-electron chi connectivity index (χ2n) is 22.5. The molecule has 4 aliphatic rings. The Labute approximate surface area is 704 Å². The van der Waals surface area contributed by atoms with E-state index in [9.17, 15) is 38.4 Å². The van der Waals surface area contributed by atoms with Crippen molar-refractivity contribution < 1.29 is 194 Å². The predicted octanol–water partition coefficient (Wildman–Crippen LogP) is -2.60. The molecule has 4 aliphatic heterocycles. The van der Waals surface area contributed by atoms with E-state index in [-0.39, 0.29) is 68.9 Å². The number of hydrogen-bond donors (Lipinski definition) is 10. The number of rotatable bonds is 32. The number of thiocyanates is 1. The van der Waals surface area contributed by atoms with Crippen LogP contribution in [0.15, 0.2) is 4.99 Å². The zero-order valence-corrected chi connectivity index (χ0v) is 73.0. The van der Waals surface area contributed by atoms with E-state index in [0.717, 1.165) is 80.9 Å². The number of thioether (sulfide) groups is 1. The van der Waals surface area contributed by atoms with Crippen LogP contribution in [-0.4, -0.2) is 327 Å². The number of carbonyl (C=O) groups is 8. The van der Waals surface area contributed by atoms with Crippen molar-refractivity contribution in [2.75, 3.05) is 119 Å². The van der Waals surface area contributed by atoms with Gasteiger partial charge in [0.25, 0.3) is 3.79 Å². The number of aliphatic hydroxyl groups excluding tert-OH is 7. The number of halogens is 3. The molecule has 46 heteroatoms. The van der Waals surface area contributed by atoms with Crippen molar-refractivity contribution in [3.63, 3.8) is 0 Å². The Bertz CT molecular complexity index is 2740. The second kappa shape index (κ2) is 68.8. The van der Waals surface area contributed by atoms with Crippen molar-refractivity contribution in [3.8, 4) is 5.40 Å². The molecule has 20 unspecified atom stereocenters. The monoisotopic (exact) mass is 1740 g/mol. The van der Waals surface area contributed by atoms with E-state index < -0.39 is 163 Å². The summed E-state index contributed by atoms with van der Waals surface area (Å²) in [5, 5.41) is 94.6. The van der Waals surface area contributed by atoms with E-state index in [1.165, 1.54) is 6.92 Å². The minimum atomic E-state index is -2.29. The molecule has 0 aromatic rings. The van der Waals surface area contributed by atoms with E-state index >= 15 is 0 Å². The topological polar surface area (TPSA) is 551 Å². The minimum Gasteiger partial charge on any atom is -0.857 e. The first-order valence-electron chi connectivity index (χ1n) is 34.4. The summed E-state index contributed by atoms with van der Waals surface area (Å²) in [4.78, 5) is 96.1. The number of isothiocyanates is 1. The molecule has 0 aromatic heterocycles. The molecule has 112 heavy (non-hydrogen) atoms. The largest absolute Gasteiger partial charge is 1.00 e. The van der Waals surface area contributed by atoms with Crippen LogP contribution in [0.4, 0.5) is 0 Å². The average Bonchev–Trinajstić information content (AvgIpc) is 0.780. The third-order valence-corrected chi connectivity index (χ3v) is 16.0. The van der Waals surface area contributed by atoms with E-state index in [1.54, 1.807) is 7.05 Å². The third kappa shape index (κ3) is 51.1. The van der Waals surface area contributed by atoms with Gasteiger partial charge < -0.3 is 137 Å². The van der Waals surface area contributed by atoms with E-state index in [2.05, 4.69) is 65.4 Å². The number of nitrogens with one attached hydrogen (secondary N) is 3. The number of nitriles is 1. The number of hydrogen-bond acceptors (Lipinski definition) is 40. The van der Waals surface area contributed by atoms with Gasteiger partial charge in [-0.2, -0.15) is 12.4 Å². The fraction of sp³-hybridized carbons (Fsp3) is 0.818. The molecule has 646 valence electrons. The van der Waals surface area contributed by atoms with Gasteiger partial charge in [-0.25, -0.2) is 4.99 Å². The summed E-state index contributed by atoms with van der Waals surface area (Å²) in [6.07, 6.45) is -19.2. The first kappa shape index (κ1) is 116. The summed E-state index contributed by atoms with van der Waals surface area (Å²) in [5.74, 6) is -4.50. The number of esters is 8. The molecule has 0 bridgehead atoms. The number of aliphatic hydroxyl groups is 7. The smallest absolute Gasteiger partial charge is 0.857 e. The summed E-state index contributed by atoms with van der Waals surface area (Å²) >= 11 is 27.4. The van der Waals surface area contributed by atoms with E-state index in [4.69, 9.17) is 179 Å². The number of carbonyl (C=O) groups excluding carboxylic acids is 8. The summed E-state index contributed by atoms with van der Waals surface area (Å²) in [5.41, 5.74) is 0. The summed E-state index contributed by atoms with van der Waals surface area (Å²) in [6.45, 7) is 24.7. The van der Waals surface area contributed by atoms with Crippen molar-refractivity contribution >= 4 is 135 Å². The standard InChI is InChI=1S/C19H27NO11S.C16H20Cl3NO10.C16H32N2O3S.C6H12O6.C5H9NO2S.C2H6.CH4O.CH3O.Na/c1-11(21)27-9-15-16(28-12(2)22)17(29-13(3)23)18(30-14(4)24)19(31-15)26-8-7-25-6-5-20-10-32;1-6(21)25-5-10-11(26-7(2)22)12(27-8(3)23)13(28-9(4)24)14(29-10)30-15(20)16(17,18)19;1-6-14-12(3)11(2)13(4)15(21-14)20-10-9-19-8-7-18-16(22)17-5;7-1-2-3(8)4(9)5(10)6(11)12-2;6-5-9-4-3-8-2-1-7;3*1-2;/h15-19H,5-9H2,1-4H3;10-14,20H,5H2,1-4H3;11-15H,6-10H2,1-5H3,(H2,17,18,22);2-11H,1H2;7H,1-4H2;1-2H3;2H,1H3;1H3;/q;;;;;;;-1;+1. The molecule has 0 amide bonds. The van der Waals surface area contributed by atoms with Crippen LogP contribution >= 0.6 is 71.0 Å². The Kier molecular flexibility index (Phi) is 71.4. The summed E-state index contributed by atoms with van der Waals surface area (Å²) < 4.78 is 93.4. The van der Waals surface area contributed by atoms with Crippen LogP contribution in [0.3, 0.4) is 0 Å². The molecular formula is C66H113Cl3N5NaO34S3. The van der Waals surface area contributed by atoms with Gasteiger partial charge in [-0.1, -0.05) is 76.3 Å². The Morgan fingerprint density at radius 1 is 0.562 bits per heavy atom. The summed E-state index contributed by atoms with van der Waals surface area (Å²) in [7, 11) is 3.54. The van der Waals surface area contributed by atoms with Gasteiger partial charge in [0.05, 0.1) is 83.9 Å². The van der Waals surface area contributed by atoms with Crippen molar-refractivity contribution in [3.05, 3.63) is 0 Å². The normalized spacial score (nSPS) is 26.4. The van der Waals surface area contributed by atoms with Gasteiger partial charge in [0.2, 0.25) is 18.3 Å². The van der Waals surface area contributed by atoms with Crippen LogP contribution in [0.1, 0.15) is 103 Å². The van der Waals surface area contributed by atoms with E-state index in [0.29, 0.717) is 80.8 Å². The molecule has 4 rings (SSSR count). The molecule has 0 spiro atoms. The Morgan fingerprint density at radius 2 is 0.982 bits per heavy atom. The first-order chi connectivity index (χ1) is 52.4. The number of thiocarbonyl (C=S) groups is 2. The van der Waals surface area contributed by atoms with Crippen LogP contribution in [0.5, 0.6) is 0 Å². The minimum absolute atomic E-state index is 0. The van der Waals surface area contributed by atoms with Crippen LogP contribution in [0.2, 0.25) is 0 Å². The van der Waals surface area contributed by atoms with Gasteiger partial charge in [0, 0.05) is 87.8 Å². The van der Waals surface area contributed by atoms with Gasteiger partial charge in [0.15, 0.2) is 54.5 Å². The maximum absolute atomic E-state index is 11.7. The maximum atomic E-state index is 11.7. The van der Waals surface area contributed by atoms with E-state index in [1.807, 2.05) is 19.2 Å². The van der Waals surface area contributed by atoms with Gasteiger partial charge in [-0.15, -0.1) is 0 Å². The molecule has 39 nitrogen and oxygen atoms in total. The molecule has 0 aliphatic carbocycles.